The van der Waals surface area contributed by atoms with Gasteiger partial charge in [0, 0.05) is 26.6 Å². The summed E-state index contributed by atoms with van der Waals surface area (Å²) < 4.78 is 20.3. The van der Waals surface area contributed by atoms with Crippen LogP contribution in [0.15, 0.2) is 114 Å². The summed E-state index contributed by atoms with van der Waals surface area (Å²) in [5.41, 5.74) is 2.52. The summed E-state index contributed by atoms with van der Waals surface area (Å²) in [6.07, 6.45) is 6.99. The van der Waals surface area contributed by atoms with Gasteiger partial charge in [0.2, 0.25) is 5.91 Å². The van der Waals surface area contributed by atoms with Gasteiger partial charge in [-0.2, -0.15) is 0 Å². The number of thiophene rings is 1. The maximum atomic E-state index is 14.8. The van der Waals surface area contributed by atoms with E-state index in [0.29, 0.717) is 26.7 Å². The van der Waals surface area contributed by atoms with E-state index < -0.39 is 28.9 Å². The first kappa shape index (κ1) is 39.5. The average Bonchev–Trinajstić information content (AvgIpc) is 3.50. The monoisotopic (exact) mass is 795 g/mol. The summed E-state index contributed by atoms with van der Waals surface area (Å²) in [5, 5.41) is 8.30. The molecule has 0 saturated heterocycles. The summed E-state index contributed by atoms with van der Waals surface area (Å²) in [7, 11) is 0. The number of carbonyl (C=O) groups is 4. The predicted molar refractivity (Wildman–Crippen MR) is 218 cm³/mol. The van der Waals surface area contributed by atoms with Crippen molar-refractivity contribution in [1.29, 1.82) is 0 Å². The Labute approximate surface area is 332 Å². The molecular formula is C43H39ClFN3O5S2. The molecular weight excluding hydrogens is 757 g/mol. The lowest BCUT2D eigenvalue weighted by Gasteiger charge is -2.18. The summed E-state index contributed by atoms with van der Waals surface area (Å²) in [6, 6.07) is 28.7. The van der Waals surface area contributed by atoms with Crippen molar-refractivity contribution < 1.29 is 28.3 Å². The number of rotatable bonds is 12. The van der Waals surface area contributed by atoms with Gasteiger partial charge < -0.3 is 20.7 Å². The summed E-state index contributed by atoms with van der Waals surface area (Å²) >= 11 is 9.00. The summed E-state index contributed by atoms with van der Waals surface area (Å²) in [6.45, 7) is 1.99. The van der Waals surface area contributed by atoms with Crippen LogP contribution in [0, 0.1) is 5.82 Å². The van der Waals surface area contributed by atoms with Gasteiger partial charge >= 0.3 is 5.97 Å². The van der Waals surface area contributed by atoms with Gasteiger partial charge in [-0.05, 0) is 92.3 Å². The molecule has 4 aromatic carbocycles. The topological polar surface area (TPSA) is 114 Å². The van der Waals surface area contributed by atoms with Crippen molar-refractivity contribution in [2.45, 2.75) is 55.6 Å². The molecule has 282 valence electrons. The molecule has 0 radical (unpaired) electrons. The molecule has 0 fully saturated rings. The predicted octanol–water partition coefficient (Wildman–Crippen LogP) is 10.3. The highest BCUT2D eigenvalue weighted by Gasteiger charge is 2.29. The molecule has 1 heterocycles. The highest BCUT2D eigenvalue weighted by atomic mass is 35.5. The molecule has 8 nitrogen and oxygen atoms in total. The molecule has 0 aliphatic heterocycles. The standard InChI is InChI=1S/C43H39ClFN3O5S2/c1-2-53-43(52)37-31-21-11-3-4-12-24-36(31)55-42(37)48-41(51)38(27-15-7-5-8-16-27)54-30-20-13-19-29(25-30)46-40(50)35(26-32-33(44)22-14-23-34(32)45)47-39(49)28-17-9-6-10-18-28/h5-10,13-20,22-23,25-26,38H,2-4,11-12,21,24H2,1H3,(H,46,50)(H,47,49)(H,48,51)/b35-26+. The number of aryl methyl sites for hydroxylation is 1. The van der Waals surface area contributed by atoms with E-state index >= 15 is 0 Å². The minimum atomic E-state index is -0.740. The van der Waals surface area contributed by atoms with E-state index in [1.54, 1.807) is 55.5 Å². The third-order valence-corrected chi connectivity index (χ3v) is 11.7. The maximum Gasteiger partial charge on any atom is 0.341 e. The number of halogens is 2. The van der Waals surface area contributed by atoms with Crippen LogP contribution in [0.1, 0.15) is 80.1 Å². The summed E-state index contributed by atoms with van der Waals surface area (Å²) in [5.74, 6) is -2.71. The molecule has 1 atom stereocenters. The molecule has 3 N–H and O–H groups in total. The van der Waals surface area contributed by atoms with Gasteiger partial charge in [0.05, 0.1) is 17.2 Å². The smallest absolute Gasteiger partial charge is 0.341 e. The molecule has 5 aromatic rings. The van der Waals surface area contributed by atoms with Crippen LogP contribution in [0.25, 0.3) is 6.08 Å². The fraction of sp³-hybridized carbons (Fsp3) is 0.209. The Balaban J connectivity index is 1.27. The molecule has 1 aromatic heterocycles. The number of amides is 3. The zero-order valence-corrected chi connectivity index (χ0v) is 32.4. The van der Waals surface area contributed by atoms with E-state index in [9.17, 15) is 23.6 Å². The highest BCUT2D eigenvalue weighted by molar-refractivity contribution is 8.00. The molecule has 1 aliphatic rings. The molecule has 1 aliphatic carbocycles. The first-order valence-corrected chi connectivity index (χ1v) is 20.1. The molecule has 3 amide bonds. The van der Waals surface area contributed by atoms with Crippen LogP contribution in [0.3, 0.4) is 0 Å². The van der Waals surface area contributed by atoms with E-state index in [2.05, 4.69) is 16.0 Å². The average molecular weight is 796 g/mol. The normalized spacial score (nSPS) is 13.4. The van der Waals surface area contributed by atoms with E-state index in [-0.39, 0.29) is 28.8 Å². The Kier molecular flexibility index (Phi) is 13.5. The second-order valence-corrected chi connectivity index (χ2v) is 15.4. The van der Waals surface area contributed by atoms with Crippen molar-refractivity contribution in [1.82, 2.24) is 5.32 Å². The number of thioether (sulfide) groups is 1. The number of hydrogen-bond donors (Lipinski definition) is 3. The number of anilines is 2. The lowest BCUT2D eigenvalue weighted by Crippen LogP contribution is -2.30. The second-order valence-electron chi connectivity index (χ2n) is 12.7. The van der Waals surface area contributed by atoms with Crippen molar-refractivity contribution in [3.8, 4) is 0 Å². The van der Waals surface area contributed by atoms with Gasteiger partial charge in [-0.3, -0.25) is 14.4 Å². The van der Waals surface area contributed by atoms with Crippen LogP contribution in [0.2, 0.25) is 5.02 Å². The number of benzene rings is 4. The number of fused-ring (bicyclic) bond motifs is 1. The maximum absolute atomic E-state index is 14.8. The number of ether oxygens (including phenoxy) is 1. The van der Waals surface area contributed by atoms with Crippen molar-refractivity contribution in [2.24, 2.45) is 0 Å². The van der Waals surface area contributed by atoms with Crippen LogP contribution in [-0.4, -0.2) is 30.3 Å². The first-order valence-electron chi connectivity index (χ1n) is 18.0. The Morgan fingerprint density at radius 3 is 2.31 bits per heavy atom. The van der Waals surface area contributed by atoms with E-state index in [0.717, 1.165) is 54.5 Å². The van der Waals surface area contributed by atoms with Gasteiger partial charge in [-0.1, -0.05) is 85.1 Å². The lowest BCUT2D eigenvalue weighted by molar-refractivity contribution is -0.116. The SMILES string of the molecule is CCOC(=O)c1c(NC(=O)C(Sc2cccc(NC(=O)/C(=C\c3c(F)cccc3Cl)NC(=O)c3ccccc3)c2)c2ccccc2)sc2c1CCCCCC2. The first-order chi connectivity index (χ1) is 26.7. The Morgan fingerprint density at radius 1 is 0.873 bits per heavy atom. The van der Waals surface area contributed by atoms with Crippen LogP contribution >= 0.6 is 34.7 Å². The Morgan fingerprint density at radius 2 is 1.58 bits per heavy atom. The molecule has 1 unspecified atom stereocenters. The minimum absolute atomic E-state index is 0.0611. The molecule has 55 heavy (non-hydrogen) atoms. The third kappa shape index (κ3) is 10.1. The molecule has 0 bridgehead atoms. The highest BCUT2D eigenvalue weighted by Crippen LogP contribution is 2.41. The zero-order valence-electron chi connectivity index (χ0n) is 30.0. The number of hydrogen-bond acceptors (Lipinski definition) is 7. The van der Waals surface area contributed by atoms with E-state index in [1.165, 1.54) is 47.4 Å². The van der Waals surface area contributed by atoms with Gasteiger partial charge in [-0.15, -0.1) is 23.1 Å². The van der Waals surface area contributed by atoms with Crippen molar-refractivity contribution >= 4 is 75.2 Å². The molecule has 6 rings (SSSR count). The Bertz CT molecular complexity index is 2190. The summed E-state index contributed by atoms with van der Waals surface area (Å²) in [4.78, 5) is 56.2. The van der Waals surface area contributed by atoms with E-state index in [4.69, 9.17) is 16.3 Å². The molecule has 0 spiro atoms. The van der Waals surface area contributed by atoms with Gasteiger partial charge in [0.25, 0.3) is 11.8 Å². The van der Waals surface area contributed by atoms with Crippen molar-refractivity contribution in [3.63, 3.8) is 0 Å². The number of carbonyl (C=O) groups excluding carboxylic acids is 4. The quantitative estimate of drug-likeness (QED) is 0.0658. The van der Waals surface area contributed by atoms with E-state index in [1.807, 2.05) is 36.4 Å². The third-order valence-electron chi connectivity index (χ3n) is 8.89. The largest absolute Gasteiger partial charge is 0.462 e. The van der Waals surface area contributed by atoms with Crippen LogP contribution in [0.4, 0.5) is 15.1 Å². The Hall–Kier alpha value is -5.23. The fourth-order valence-corrected chi connectivity index (χ4v) is 8.80. The van der Waals surface area contributed by atoms with Crippen LogP contribution < -0.4 is 16.0 Å². The van der Waals surface area contributed by atoms with Crippen LogP contribution in [0.5, 0.6) is 0 Å². The minimum Gasteiger partial charge on any atom is -0.462 e. The lowest BCUT2D eigenvalue weighted by atomic mass is 9.96. The molecule has 12 heteroatoms. The second kappa shape index (κ2) is 18.9. The van der Waals surface area contributed by atoms with Crippen molar-refractivity contribution in [3.05, 3.63) is 152 Å². The fourth-order valence-electron chi connectivity index (χ4n) is 6.22. The van der Waals surface area contributed by atoms with Gasteiger partial charge in [0.1, 0.15) is 21.8 Å². The number of nitrogens with one attached hydrogen (secondary N) is 3. The van der Waals surface area contributed by atoms with Crippen molar-refractivity contribution in [2.75, 3.05) is 17.2 Å². The van der Waals surface area contributed by atoms with Gasteiger partial charge in [-0.25, -0.2) is 9.18 Å². The molecule has 0 saturated carbocycles. The number of esters is 1. The van der Waals surface area contributed by atoms with Gasteiger partial charge in [0.15, 0.2) is 0 Å². The van der Waals surface area contributed by atoms with Crippen LogP contribution in [-0.2, 0) is 27.2 Å². The zero-order chi connectivity index (χ0) is 38.7.